The third kappa shape index (κ3) is 5.21. The molecular formula is C27H23F3N2O3. The third-order valence-corrected chi connectivity index (χ3v) is 5.60. The molecule has 0 saturated carbocycles. The van der Waals surface area contributed by atoms with E-state index in [1.54, 1.807) is 31.4 Å². The fourth-order valence-corrected chi connectivity index (χ4v) is 3.81. The van der Waals surface area contributed by atoms with Crippen molar-refractivity contribution in [2.45, 2.75) is 19.6 Å². The molecule has 4 rings (SSSR count). The molecule has 3 aromatic carbocycles. The molecule has 35 heavy (non-hydrogen) atoms. The second-order valence-electron chi connectivity index (χ2n) is 8.02. The third-order valence-electron chi connectivity index (χ3n) is 5.60. The van der Waals surface area contributed by atoms with Gasteiger partial charge >= 0.3 is 6.18 Å². The first kappa shape index (κ1) is 24.1. The lowest BCUT2D eigenvalue weighted by Gasteiger charge is -2.14. The van der Waals surface area contributed by atoms with Crippen LogP contribution in [0.5, 0.6) is 11.5 Å². The van der Waals surface area contributed by atoms with Gasteiger partial charge in [0.2, 0.25) is 0 Å². The van der Waals surface area contributed by atoms with Crippen molar-refractivity contribution in [2.75, 3.05) is 14.2 Å². The molecule has 1 aromatic heterocycles. The standard InChI is InChI=1S/C27H23F3N2O3/c1-16-7-10-23-21(11-16)22(14-24(32-23)20-9-8-19(34-2)13-25(20)35-3)26(33)31-15-17-5-4-6-18(12-17)27(28,29)30/h4-14H,15H2,1-3H3,(H,31,33). The van der Waals surface area contributed by atoms with Crippen molar-refractivity contribution >= 4 is 16.8 Å². The van der Waals surface area contributed by atoms with Crippen LogP contribution in [0.1, 0.15) is 27.0 Å². The highest BCUT2D eigenvalue weighted by atomic mass is 19.4. The number of aromatic nitrogens is 1. The number of hydrogen-bond acceptors (Lipinski definition) is 4. The van der Waals surface area contributed by atoms with Gasteiger partial charge in [-0.2, -0.15) is 13.2 Å². The molecule has 0 aliphatic heterocycles. The normalized spacial score (nSPS) is 11.4. The molecule has 1 heterocycles. The molecule has 1 N–H and O–H groups in total. The number of alkyl halides is 3. The molecule has 0 bridgehead atoms. The van der Waals surface area contributed by atoms with Crippen LogP contribution in [-0.2, 0) is 12.7 Å². The summed E-state index contributed by atoms with van der Waals surface area (Å²) in [5, 5.41) is 3.39. The maximum absolute atomic E-state index is 13.3. The number of amides is 1. The molecule has 1 amide bonds. The van der Waals surface area contributed by atoms with Gasteiger partial charge in [-0.1, -0.05) is 23.8 Å². The van der Waals surface area contributed by atoms with Gasteiger partial charge in [0.15, 0.2) is 0 Å². The van der Waals surface area contributed by atoms with Crippen LogP contribution in [0.2, 0.25) is 0 Å². The Labute approximate surface area is 200 Å². The van der Waals surface area contributed by atoms with E-state index >= 15 is 0 Å². The van der Waals surface area contributed by atoms with Crippen molar-refractivity contribution in [3.63, 3.8) is 0 Å². The van der Waals surface area contributed by atoms with Crippen molar-refractivity contribution in [3.05, 3.63) is 89.0 Å². The molecule has 0 saturated heterocycles. The number of benzene rings is 3. The van der Waals surface area contributed by atoms with Crippen molar-refractivity contribution in [2.24, 2.45) is 0 Å². The molecule has 180 valence electrons. The SMILES string of the molecule is COc1ccc(-c2cc(C(=O)NCc3cccc(C(F)(F)F)c3)c3cc(C)ccc3n2)c(OC)c1. The highest BCUT2D eigenvalue weighted by Crippen LogP contribution is 2.34. The number of hydrogen-bond donors (Lipinski definition) is 1. The fourth-order valence-electron chi connectivity index (χ4n) is 3.81. The number of fused-ring (bicyclic) bond motifs is 1. The predicted octanol–water partition coefficient (Wildman–Crippen LogP) is 6.18. The van der Waals surface area contributed by atoms with Gasteiger partial charge in [-0.05, 0) is 55.0 Å². The predicted molar refractivity (Wildman–Crippen MR) is 128 cm³/mol. The minimum absolute atomic E-state index is 0.0560. The molecule has 0 aliphatic carbocycles. The van der Waals surface area contributed by atoms with Gasteiger partial charge in [0, 0.05) is 23.6 Å². The zero-order valence-corrected chi connectivity index (χ0v) is 19.4. The Morgan fingerprint density at radius 1 is 0.971 bits per heavy atom. The second kappa shape index (κ2) is 9.66. The number of pyridine rings is 1. The number of halogens is 3. The van der Waals surface area contributed by atoms with Gasteiger partial charge < -0.3 is 14.8 Å². The van der Waals surface area contributed by atoms with Gasteiger partial charge in [0.25, 0.3) is 5.91 Å². The molecule has 5 nitrogen and oxygen atoms in total. The highest BCUT2D eigenvalue weighted by molar-refractivity contribution is 6.07. The van der Waals surface area contributed by atoms with Gasteiger partial charge in [0.05, 0.1) is 36.6 Å². The van der Waals surface area contributed by atoms with Crippen LogP contribution in [0.3, 0.4) is 0 Å². The molecule has 0 spiro atoms. The van der Waals surface area contributed by atoms with Gasteiger partial charge in [-0.3, -0.25) is 4.79 Å². The largest absolute Gasteiger partial charge is 0.497 e. The molecule has 4 aromatic rings. The smallest absolute Gasteiger partial charge is 0.416 e. The van der Waals surface area contributed by atoms with E-state index < -0.39 is 17.6 Å². The zero-order chi connectivity index (χ0) is 25.2. The maximum Gasteiger partial charge on any atom is 0.416 e. The van der Waals surface area contributed by atoms with E-state index in [4.69, 9.17) is 14.5 Å². The second-order valence-corrected chi connectivity index (χ2v) is 8.02. The van der Waals surface area contributed by atoms with Crippen molar-refractivity contribution in [1.82, 2.24) is 10.3 Å². The Hall–Kier alpha value is -4.07. The number of aryl methyl sites for hydroxylation is 1. The minimum atomic E-state index is -4.45. The zero-order valence-electron chi connectivity index (χ0n) is 19.4. The van der Waals surface area contributed by atoms with Gasteiger partial charge in [-0.25, -0.2) is 4.98 Å². The lowest BCUT2D eigenvalue weighted by molar-refractivity contribution is -0.137. The number of methoxy groups -OCH3 is 2. The van der Waals surface area contributed by atoms with Crippen LogP contribution >= 0.6 is 0 Å². The first-order chi connectivity index (χ1) is 16.7. The summed E-state index contributed by atoms with van der Waals surface area (Å²) in [5.74, 6) is 0.717. The van der Waals surface area contributed by atoms with E-state index in [1.807, 2.05) is 25.1 Å². The number of ether oxygens (including phenoxy) is 2. The van der Waals surface area contributed by atoms with Crippen LogP contribution in [0, 0.1) is 6.92 Å². The Morgan fingerprint density at radius 2 is 1.77 bits per heavy atom. The first-order valence-corrected chi connectivity index (χ1v) is 10.8. The van der Waals surface area contributed by atoms with Crippen LogP contribution in [0.4, 0.5) is 13.2 Å². The van der Waals surface area contributed by atoms with E-state index in [9.17, 15) is 18.0 Å². The van der Waals surface area contributed by atoms with Crippen LogP contribution in [0.25, 0.3) is 22.2 Å². The topological polar surface area (TPSA) is 60.5 Å². The summed E-state index contributed by atoms with van der Waals surface area (Å²) < 4.78 is 49.9. The maximum atomic E-state index is 13.3. The van der Waals surface area contributed by atoms with Crippen LogP contribution in [0.15, 0.2) is 66.7 Å². The highest BCUT2D eigenvalue weighted by Gasteiger charge is 2.30. The van der Waals surface area contributed by atoms with Crippen molar-refractivity contribution in [1.29, 1.82) is 0 Å². The van der Waals surface area contributed by atoms with Crippen LogP contribution in [-0.4, -0.2) is 25.1 Å². The first-order valence-electron chi connectivity index (χ1n) is 10.8. The number of rotatable bonds is 6. The minimum Gasteiger partial charge on any atom is -0.497 e. The van der Waals surface area contributed by atoms with Gasteiger partial charge in [-0.15, -0.1) is 0 Å². The molecule has 0 aliphatic rings. The summed E-state index contributed by atoms with van der Waals surface area (Å²) in [6, 6.07) is 17.4. The van der Waals surface area contributed by atoms with E-state index in [2.05, 4.69) is 5.32 Å². The molecule has 0 unspecified atom stereocenters. The summed E-state index contributed by atoms with van der Waals surface area (Å²) in [6.07, 6.45) is -4.45. The Kier molecular flexibility index (Phi) is 6.64. The van der Waals surface area contributed by atoms with E-state index in [1.165, 1.54) is 19.2 Å². The summed E-state index contributed by atoms with van der Waals surface area (Å²) in [6.45, 7) is 1.85. The Balaban J connectivity index is 1.73. The summed E-state index contributed by atoms with van der Waals surface area (Å²) >= 11 is 0. The van der Waals surface area contributed by atoms with Gasteiger partial charge in [0.1, 0.15) is 11.5 Å². The number of nitrogens with one attached hydrogen (secondary N) is 1. The number of carbonyl (C=O) groups is 1. The monoisotopic (exact) mass is 480 g/mol. The van der Waals surface area contributed by atoms with E-state index in [-0.39, 0.29) is 6.54 Å². The fraction of sp³-hybridized carbons (Fsp3) is 0.185. The lowest BCUT2D eigenvalue weighted by Crippen LogP contribution is -2.23. The Bertz CT molecular complexity index is 1400. The average molecular weight is 480 g/mol. The van der Waals surface area contributed by atoms with Crippen molar-refractivity contribution in [3.8, 4) is 22.8 Å². The molecule has 0 atom stereocenters. The lowest BCUT2D eigenvalue weighted by atomic mass is 10.0. The van der Waals surface area contributed by atoms with Crippen molar-refractivity contribution < 1.29 is 27.4 Å². The summed E-state index contributed by atoms with van der Waals surface area (Å²) in [7, 11) is 3.09. The molecule has 0 fully saturated rings. The number of carbonyl (C=O) groups excluding carboxylic acids is 1. The quantitative estimate of drug-likeness (QED) is 0.358. The Morgan fingerprint density at radius 3 is 2.49 bits per heavy atom. The van der Waals surface area contributed by atoms with E-state index in [0.29, 0.717) is 44.8 Å². The van der Waals surface area contributed by atoms with Crippen LogP contribution < -0.4 is 14.8 Å². The summed E-state index contributed by atoms with van der Waals surface area (Å²) in [5.41, 5.74) is 2.69. The summed E-state index contributed by atoms with van der Waals surface area (Å²) in [4.78, 5) is 18.0. The molecule has 0 radical (unpaired) electrons. The molecular weight excluding hydrogens is 457 g/mol. The molecule has 8 heteroatoms. The average Bonchev–Trinajstić information content (AvgIpc) is 2.85. The number of nitrogens with zero attached hydrogens (tertiary/aromatic N) is 1. The van der Waals surface area contributed by atoms with E-state index in [0.717, 1.165) is 17.7 Å².